The van der Waals surface area contributed by atoms with E-state index in [1.54, 1.807) is 18.7 Å². The van der Waals surface area contributed by atoms with Crippen LogP contribution in [0, 0.1) is 0 Å². The monoisotopic (exact) mass is 242 g/mol. The minimum Gasteiger partial charge on any atom is -0.365 e. The number of hydrogen-bond acceptors (Lipinski definition) is 6. The predicted molar refractivity (Wildman–Crippen MR) is 68.5 cm³/mol. The SMILES string of the molecule is c1cnc(N2CCN(c3cncnc3)CC2)nc1. The third-order valence-corrected chi connectivity index (χ3v) is 3.03. The van der Waals surface area contributed by atoms with E-state index >= 15 is 0 Å². The summed E-state index contributed by atoms with van der Waals surface area (Å²) >= 11 is 0. The van der Waals surface area contributed by atoms with Gasteiger partial charge in [-0.1, -0.05) is 0 Å². The van der Waals surface area contributed by atoms with E-state index in [0.29, 0.717) is 0 Å². The van der Waals surface area contributed by atoms with Gasteiger partial charge in [-0.25, -0.2) is 19.9 Å². The lowest BCUT2D eigenvalue weighted by molar-refractivity contribution is 0.638. The average molecular weight is 242 g/mol. The van der Waals surface area contributed by atoms with E-state index in [-0.39, 0.29) is 0 Å². The Hall–Kier alpha value is -2.24. The van der Waals surface area contributed by atoms with E-state index in [1.165, 1.54) is 0 Å². The van der Waals surface area contributed by atoms with Gasteiger partial charge >= 0.3 is 0 Å². The molecule has 1 fully saturated rings. The van der Waals surface area contributed by atoms with Crippen LogP contribution >= 0.6 is 0 Å². The number of hydrogen-bond donors (Lipinski definition) is 0. The maximum atomic E-state index is 4.27. The van der Waals surface area contributed by atoms with Crippen LogP contribution in [0.2, 0.25) is 0 Å². The van der Waals surface area contributed by atoms with Gasteiger partial charge in [-0.3, -0.25) is 0 Å². The van der Waals surface area contributed by atoms with Crippen LogP contribution in [-0.4, -0.2) is 46.1 Å². The van der Waals surface area contributed by atoms with Crippen LogP contribution in [0.4, 0.5) is 11.6 Å². The molecule has 3 rings (SSSR count). The molecule has 0 saturated carbocycles. The van der Waals surface area contributed by atoms with Gasteiger partial charge in [-0.05, 0) is 6.07 Å². The second-order valence-corrected chi connectivity index (χ2v) is 4.12. The Labute approximate surface area is 105 Å². The number of aromatic nitrogens is 4. The molecule has 1 aliphatic heterocycles. The Kier molecular flexibility index (Phi) is 2.99. The van der Waals surface area contributed by atoms with Crippen molar-refractivity contribution in [3.8, 4) is 0 Å². The highest BCUT2D eigenvalue weighted by molar-refractivity contribution is 5.44. The van der Waals surface area contributed by atoms with Gasteiger partial charge < -0.3 is 9.80 Å². The number of rotatable bonds is 2. The lowest BCUT2D eigenvalue weighted by Crippen LogP contribution is -2.47. The molecule has 3 heterocycles. The van der Waals surface area contributed by atoms with Crippen molar-refractivity contribution in [1.29, 1.82) is 0 Å². The Balaban J connectivity index is 1.65. The summed E-state index contributed by atoms with van der Waals surface area (Å²) in [7, 11) is 0. The quantitative estimate of drug-likeness (QED) is 0.768. The Morgan fingerprint density at radius 2 is 1.44 bits per heavy atom. The van der Waals surface area contributed by atoms with E-state index in [9.17, 15) is 0 Å². The van der Waals surface area contributed by atoms with Crippen molar-refractivity contribution in [1.82, 2.24) is 19.9 Å². The first-order valence-electron chi connectivity index (χ1n) is 5.95. The first-order chi connectivity index (χ1) is 8.93. The van der Waals surface area contributed by atoms with E-state index in [0.717, 1.165) is 37.8 Å². The first kappa shape index (κ1) is 10.9. The molecule has 0 aliphatic carbocycles. The summed E-state index contributed by atoms with van der Waals surface area (Å²) in [5, 5.41) is 0. The van der Waals surface area contributed by atoms with Crippen LogP contribution < -0.4 is 9.80 Å². The third kappa shape index (κ3) is 2.22. The molecule has 6 heteroatoms. The van der Waals surface area contributed by atoms with Gasteiger partial charge in [0.1, 0.15) is 6.33 Å². The zero-order valence-corrected chi connectivity index (χ0v) is 9.98. The van der Waals surface area contributed by atoms with Crippen LogP contribution in [0.5, 0.6) is 0 Å². The smallest absolute Gasteiger partial charge is 0.225 e. The Morgan fingerprint density at radius 3 is 2.11 bits per heavy atom. The summed E-state index contributed by atoms with van der Waals surface area (Å²) in [6, 6.07) is 1.83. The van der Waals surface area contributed by atoms with E-state index in [1.807, 2.05) is 18.5 Å². The summed E-state index contributed by atoms with van der Waals surface area (Å²) in [5.74, 6) is 0.807. The van der Waals surface area contributed by atoms with Crippen LogP contribution in [0.1, 0.15) is 0 Å². The standard InChI is InChI=1S/C12H14N6/c1-2-15-12(16-3-1)18-6-4-17(5-7-18)11-8-13-10-14-9-11/h1-3,8-10H,4-7H2. The van der Waals surface area contributed by atoms with Gasteiger partial charge in [0, 0.05) is 38.6 Å². The number of nitrogens with zero attached hydrogens (tertiary/aromatic N) is 6. The van der Waals surface area contributed by atoms with Crippen LogP contribution in [0.25, 0.3) is 0 Å². The molecule has 0 atom stereocenters. The van der Waals surface area contributed by atoms with E-state index in [2.05, 4.69) is 29.7 Å². The summed E-state index contributed by atoms with van der Waals surface area (Å²) in [4.78, 5) is 21.1. The van der Waals surface area contributed by atoms with Crippen molar-refractivity contribution in [3.63, 3.8) is 0 Å². The van der Waals surface area contributed by atoms with Gasteiger partial charge in [0.15, 0.2) is 0 Å². The van der Waals surface area contributed by atoms with Gasteiger partial charge in [-0.2, -0.15) is 0 Å². The molecule has 2 aromatic rings. The Morgan fingerprint density at radius 1 is 0.833 bits per heavy atom. The number of piperazine rings is 1. The molecule has 0 unspecified atom stereocenters. The molecule has 1 aliphatic rings. The fraction of sp³-hybridized carbons (Fsp3) is 0.333. The predicted octanol–water partition coefficient (Wildman–Crippen LogP) is 0.593. The molecule has 92 valence electrons. The normalized spacial score (nSPS) is 15.8. The molecule has 18 heavy (non-hydrogen) atoms. The lowest BCUT2D eigenvalue weighted by atomic mass is 10.3. The molecule has 6 nitrogen and oxygen atoms in total. The topological polar surface area (TPSA) is 58.0 Å². The largest absolute Gasteiger partial charge is 0.365 e. The highest BCUT2D eigenvalue weighted by atomic mass is 15.3. The molecular weight excluding hydrogens is 228 g/mol. The van der Waals surface area contributed by atoms with E-state index < -0.39 is 0 Å². The minimum absolute atomic E-state index is 0.807. The molecule has 0 aromatic carbocycles. The molecule has 0 bridgehead atoms. The van der Waals surface area contributed by atoms with Crippen molar-refractivity contribution in [3.05, 3.63) is 37.2 Å². The molecule has 0 amide bonds. The van der Waals surface area contributed by atoms with Crippen molar-refractivity contribution in [2.45, 2.75) is 0 Å². The highest BCUT2D eigenvalue weighted by Gasteiger charge is 2.18. The molecule has 0 N–H and O–H groups in total. The van der Waals surface area contributed by atoms with Crippen molar-refractivity contribution < 1.29 is 0 Å². The lowest BCUT2D eigenvalue weighted by Gasteiger charge is -2.35. The zero-order chi connectivity index (χ0) is 12.2. The Bertz CT molecular complexity index is 433. The highest BCUT2D eigenvalue weighted by Crippen LogP contribution is 2.15. The van der Waals surface area contributed by atoms with Gasteiger partial charge in [0.25, 0.3) is 0 Å². The third-order valence-electron chi connectivity index (χ3n) is 3.03. The average Bonchev–Trinajstić information content (AvgIpc) is 2.49. The summed E-state index contributed by atoms with van der Waals surface area (Å²) < 4.78 is 0. The zero-order valence-electron chi connectivity index (χ0n) is 9.98. The van der Waals surface area contributed by atoms with Gasteiger partial charge in [0.2, 0.25) is 5.95 Å². The molecule has 0 spiro atoms. The first-order valence-corrected chi connectivity index (χ1v) is 5.95. The molecule has 2 aromatic heterocycles. The summed E-state index contributed by atoms with van der Waals surface area (Å²) in [5.41, 5.74) is 1.08. The van der Waals surface area contributed by atoms with Crippen molar-refractivity contribution in [2.24, 2.45) is 0 Å². The van der Waals surface area contributed by atoms with Gasteiger partial charge in [0.05, 0.1) is 18.1 Å². The van der Waals surface area contributed by atoms with Crippen LogP contribution in [0.3, 0.4) is 0 Å². The van der Waals surface area contributed by atoms with E-state index in [4.69, 9.17) is 0 Å². The van der Waals surface area contributed by atoms with Crippen molar-refractivity contribution >= 4 is 11.6 Å². The number of anilines is 2. The molecular formula is C12H14N6. The summed E-state index contributed by atoms with van der Waals surface area (Å²) in [6.45, 7) is 3.70. The second-order valence-electron chi connectivity index (χ2n) is 4.12. The molecule has 1 saturated heterocycles. The van der Waals surface area contributed by atoms with Crippen LogP contribution in [-0.2, 0) is 0 Å². The summed E-state index contributed by atoms with van der Waals surface area (Å²) in [6.07, 6.45) is 8.81. The fourth-order valence-electron chi connectivity index (χ4n) is 2.07. The maximum Gasteiger partial charge on any atom is 0.225 e. The fourth-order valence-corrected chi connectivity index (χ4v) is 2.07. The second kappa shape index (κ2) is 4.95. The molecule has 0 radical (unpaired) electrons. The maximum absolute atomic E-state index is 4.27. The minimum atomic E-state index is 0.807. The van der Waals surface area contributed by atoms with Gasteiger partial charge in [-0.15, -0.1) is 0 Å². The van der Waals surface area contributed by atoms with Crippen LogP contribution in [0.15, 0.2) is 37.2 Å². The van der Waals surface area contributed by atoms with Crippen molar-refractivity contribution in [2.75, 3.05) is 36.0 Å².